The maximum Gasteiger partial charge on any atom is 0.328 e. The molecule has 0 saturated carbocycles. The van der Waals surface area contributed by atoms with Gasteiger partial charge in [-0.25, -0.2) is 4.79 Å². The van der Waals surface area contributed by atoms with E-state index in [0.29, 0.717) is 16.3 Å². The average Bonchev–Trinajstić information content (AvgIpc) is 2.36. The Labute approximate surface area is 129 Å². The van der Waals surface area contributed by atoms with Crippen molar-refractivity contribution in [3.05, 3.63) is 28.8 Å². The van der Waals surface area contributed by atoms with Gasteiger partial charge in [-0.05, 0) is 45.9 Å². The number of benzene rings is 1. The summed E-state index contributed by atoms with van der Waals surface area (Å²) < 4.78 is 10.3. The Kier molecular flexibility index (Phi) is 5.61. The molecule has 0 unspecified atom stereocenters. The lowest BCUT2D eigenvalue weighted by atomic mass is 10.1. The molecule has 116 valence electrons. The summed E-state index contributed by atoms with van der Waals surface area (Å²) in [5.74, 6) is -0.581. The van der Waals surface area contributed by atoms with Crippen LogP contribution in [-0.4, -0.2) is 30.6 Å². The van der Waals surface area contributed by atoms with Crippen LogP contribution in [0.3, 0.4) is 0 Å². The molecule has 5 nitrogen and oxygen atoms in total. The van der Waals surface area contributed by atoms with Gasteiger partial charge in [-0.15, -0.1) is 0 Å². The second-order valence-electron chi connectivity index (χ2n) is 5.57. The van der Waals surface area contributed by atoms with Crippen LogP contribution in [0.4, 0.5) is 0 Å². The fourth-order valence-electron chi connectivity index (χ4n) is 1.58. The van der Waals surface area contributed by atoms with E-state index < -0.39 is 23.5 Å². The minimum absolute atomic E-state index is 0.303. The number of halogens is 1. The van der Waals surface area contributed by atoms with E-state index >= 15 is 0 Å². The van der Waals surface area contributed by atoms with Crippen molar-refractivity contribution < 1.29 is 19.1 Å². The molecule has 1 N–H and O–H groups in total. The predicted octanol–water partition coefficient (Wildman–Crippen LogP) is 2.81. The van der Waals surface area contributed by atoms with Gasteiger partial charge in [-0.3, -0.25) is 4.79 Å². The van der Waals surface area contributed by atoms with E-state index in [1.807, 2.05) is 0 Å². The summed E-state index contributed by atoms with van der Waals surface area (Å²) in [5.41, 5.74) is -0.300. The van der Waals surface area contributed by atoms with E-state index in [0.717, 1.165) is 0 Å². The number of methoxy groups -OCH3 is 1. The van der Waals surface area contributed by atoms with Crippen molar-refractivity contribution in [1.82, 2.24) is 5.32 Å². The maximum absolute atomic E-state index is 12.2. The van der Waals surface area contributed by atoms with Crippen LogP contribution in [0.5, 0.6) is 5.75 Å². The van der Waals surface area contributed by atoms with Gasteiger partial charge < -0.3 is 14.8 Å². The number of rotatable bonds is 4. The number of carbonyl (C=O) groups is 2. The first-order chi connectivity index (χ1) is 9.64. The minimum atomic E-state index is -0.767. The molecule has 0 fully saturated rings. The van der Waals surface area contributed by atoms with Gasteiger partial charge in [-0.1, -0.05) is 11.6 Å². The summed E-state index contributed by atoms with van der Waals surface area (Å²) in [6, 6.07) is 3.89. The molecule has 0 aliphatic carbocycles. The van der Waals surface area contributed by atoms with Crippen LogP contribution >= 0.6 is 11.6 Å². The Morgan fingerprint density at radius 1 is 1.29 bits per heavy atom. The lowest BCUT2D eigenvalue weighted by Gasteiger charge is -2.22. The average molecular weight is 314 g/mol. The number of hydrogen-bond donors (Lipinski definition) is 1. The van der Waals surface area contributed by atoms with Crippen LogP contribution in [-0.2, 0) is 9.53 Å². The van der Waals surface area contributed by atoms with E-state index in [1.54, 1.807) is 33.8 Å². The first-order valence-corrected chi connectivity index (χ1v) is 6.89. The highest BCUT2D eigenvalue weighted by Gasteiger charge is 2.24. The summed E-state index contributed by atoms with van der Waals surface area (Å²) in [6.07, 6.45) is 0. The third-order valence-corrected chi connectivity index (χ3v) is 2.75. The molecule has 1 aromatic carbocycles. The summed E-state index contributed by atoms with van der Waals surface area (Å²) in [7, 11) is 1.44. The second-order valence-corrected chi connectivity index (χ2v) is 6.01. The van der Waals surface area contributed by atoms with Crippen molar-refractivity contribution >= 4 is 23.5 Å². The van der Waals surface area contributed by atoms with Crippen LogP contribution < -0.4 is 10.1 Å². The quantitative estimate of drug-likeness (QED) is 0.868. The zero-order chi connectivity index (χ0) is 16.2. The standard InChI is InChI=1S/C15H20ClNO4/c1-9(14(19)21-15(2,3)4)17-13(18)11-7-6-10(16)8-12(11)20-5/h6-9H,1-5H3,(H,17,18)/t9-/m0/s1. The number of esters is 1. The lowest BCUT2D eigenvalue weighted by Crippen LogP contribution is -2.42. The first kappa shape index (κ1) is 17.3. The fourth-order valence-corrected chi connectivity index (χ4v) is 1.74. The Hall–Kier alpha value is -1.75. The number of carbonyl (C=O) groups excluding carboxylic acids is 2. The molecule has 0 bridgehead atoms. The van der Waals surface area contributed by atoms with Gasteiger partial charge in [-0.2, -0.15) is 0 Å². The van der Waals surface area contributed by atoms with Gasteiger partial charge >= 0.3 is 5.97 Å². The zero-order valence-corrected chi connectivity index (χ0v) is 13.6. The highest BCUT2D eigenvalue weighted by Crippen LogP contribution is 2.23. The van der Waals surface area contributed by atoms with Crippen LogP contribution in [0, 0.1) is 0 Å². The minimum Gasteiger partial charge on any atom is -0.496 e. The Balaban J connectivity index is 2.79. The Morgan fingerprint density at radius 2 is 1.90 bits per heavy atom. The topological polar surface area (TPSA) is 64.6 Å². The second kappa shape index (κ2) is 6.80. The molecule has 0 heterocycles. The van der Waals surface area contributed by atoms with Crippen LogP contribution in [0.2, 0.25) is 5.02 Å². The predicted molar refractivity (Wildman–Crippen MR) is 80.8 cm³/mol. The third kappa shape index (κ3) is 5.27. The van der Waals surface area contributed by atoms with Crippen molar-refractivity contribution in [1.29, 1.82) is 0 Å². The summed E-state index contributed by atoms with van der Waals surface area (Å²) in [4.78, 5) is 24.0. The van der Waals surface area contributed by atoms with Gasteiger partial charge in [0, 0.05) is 5.02 Å². The Bertz CT molecular complexity index is 537. The number of nitrogens with one attached hydrogen (secondary N) is 1. The van der Waals surface area contributed by atoms with E-state index in [1.165, 1.54) is 19.2 Å². The normalized spacial score (nSPS) is 12.5. The number of ether oxygens (including phenoxy) is 2. The van der Waals surface area contributed by atoms with Crippen molar-refractivity contribution in [2.45, 2.75) is 39.3 Å². The molecule has 0 spiro atoms. The van der Waals surface area contributed by atoms with Gasteiger partial charge in [0.15, 0.2) is 0 Å². The van der Waals surface area contributed by atoms with Crippen molar-refractivity contribution in [3.8, 4) is 5.75 Å². The number of hydrogen-bond acceptors (Lipinski definition) is 4. The molecular formula is C15H20ClNO4. The van der Waals surface area contributed by atoms with Gasteiger partial charge in [0.05, 0.1) is 12.7 Å². The largest absolute Gasteiger partial charge is 0.496 e. The lowest BCUT2D eigenvalue weighted by molar-refractivity contribution is -0.156. The fraction of sp³-hybridized carbons (Fsp3) is 0.467. The molecule has 1 amide bonds. The summed E-state index contributed by atoms with van der Waals surface area (Å²) in [5, 5.41) is 3.04. The smallest absolute Gasteiger partial charge is 0.328 e. The molecule has 6 heteroatoms. The molecular weight excluding hydrogens is 294 g/mol. The van der Waals surface area contributed by atoms with E-state index in [9.17, 15) is 9.59 Å². The summed E-state index contributed by atoms with van der Waals surface area (Å²) >= 11 is 5.84. The van der Waals surface area contributed by atoms with E-state index in [2.05, 4.69) is 5.32 Å². The molecule has 0 aliphatic heterocycles. The highest BCUT2D eigenvalue weighted by molar-refractivity contribution is 6.30. The van der Waals surface area contributed by atoms with Gasteiger partial charge in [0.2, 0.25) is 0 Å². The zero-order valence-electron chi connectivity index (χ0n) is 12.8. The molecule has 0 saturated heterocycles. The first-order valence-electron chi connectivity index (χ1n) is 6.51. The van der Waals surface area contributed by atoms with E-state index in [4.69, 9.17) is 21.1 Å². The van der Waals surface area contributed by atoms with Crippen molar-refractivity contribution in [2.75, 3.05) is 7.11 Å². The number of amides is 1. The molecule has 1 atom stereocenters. The van der Waals surface area contributed by atoms with Crippen molar-refractivity contribution in [2.24, 2.45) is 0 Å². The summed E-state index contributed by atoms with van der Waals surface area (Å²) in [6.45, 7) is 6.86. The molecule has 0 aromatic heterocycles. The monoisotopic (exact) mass is 313 g/mol. The maximum atomic E-state index is 12.2. The SMILES string of the molecule is COc1cc(Cl)ccc1C(=O)N[C@@H](C)C(=O)OC(C)(C)C. The molecule has 1 rings (SSSR count). The molecule has 0 radical (unpaired) electrons. The molecule has 1 aromatic rings. The highest BCUT2D eigenvalue weighted by atomic mass is 35.5. The van der Waals surface area contributed by atoms with Crippen LogP contribution in [0.15, 0.2) is 18.2 Å². The van der Waals surface area contributed by atoms with E-state index in [-0.39, 0.29) is 0 Å². The van der Waals surface area contributed by atoms with Crippen molar-refractivity contribution in [3.63, 3.8) is 0 Å². The van der Waals surface area contributed by atoms with Crippen LogP contribution in [0.25, 0.3) is 0 Å². The third-order valence-electron chi connectivity index (χ3n) is 2.52. The van der Waals surface area contributed by atoms with Crippen LogP contribution in [0.1, 0.15) is 38.1 Å². The van der Waals surface area contributed by atoms with Gasteiger partial charge in [0.1, 0.15) is 17.4 Å². The Morgan fingerprint density at radius 3 is 2.43 bits per heavy atom. The molecule has 0 aliphatic rings. The van der Waals surface area contributed by atoms with Gasteiger partial charge in [0.25, 0.3) is 5.91 Å². The molecule has 21 heavy (non-hydrogen) atoms.